The molecule has 3 nitrogen and oxygen atoms in total. The van der Waals surface area contributed by atoms with Crippen molar-refractivity contribution in [3.63, 3.8) is 0 Å². The molecule has 0 bridgehead atoms. The monoisotopic (exact) mass is 299 g/mol. The SMILES string of the molecule is CCC(C)N(C)CCNc1ccc(C(N)=S)cc1Cl. The van der Waals surface area contributed by atoms with Gasteiger partial charge in [-0.05, 0) is 38.6 Å². The van der Waals surface area contributed by atoms with E-state index in [0.29, 0.717) is 16.1 Å². The maximum Gasteiger partial charge on any atom is 0.104 e. The van der Waals surface area contributed by atoms with Crippen molar-refractivity contribution in [2.45, 2.75) is 26.3 Å². The third-order valence-corrected chi connectivity index (χ3v) is 3.93. The van der Waals surface area contributed by atoms with Crippen LogP contribution >= 0.6 is 23.8 Å². The summed E-state index contributed by atoms with van der Waals surface area (Å²) in [6.45, 7) is 6.25. The molecule has 0 aliphatic carbocycles. The van der Waals surface area contributed by atoms with E-state index in [2.05, 4.69) is 31.1 Å². The van der Waals surface area contributed by atoms with Gasteiger partial charge in [-0.15, -0.1) is 0 Å². The Kier molecular flexibility index (Phi) is 6.55. The zero-order valence-corrected chi connectivity index (χ0v) is 13.3. The first kappa shape index (κ1) is 16.2. The molecule has 1 rings (SSSR count). The van der Waals surface area contributed by atoms with E-state index in [1.807, 2.05) is 12.1 Å². The lowest BCUT2D eigenvalue weighted by Crippen LogP contribution is -2.32. The highest BCUT2D eigenvalue weighted by atomic mass is 35.5. The molecule has 106 valence electrons. The second-order valence-electron chi connectivity index (χ2n) is 4.72. The average Bonchev–Trinajstić information content (AvgIpc) is 2.39. The first-order valence-electron chi connectivity index (χ1n) is 6.49. The van der Waals surface area contributed by atoms with Crippen molar-refractivity contribution in [2.75, 3.05) is 25.5 Å². The van der Waals surface area contributed by atoms with Crippen molar-refractivity contribution in [3.05, 3.63) is 28.8 Å². The smallest absolute Gasteiger partial charge is 0.104 e. The first-order chi connectivity index (χ1) is 8.95. The summed E-state index contributed by atoms with van der Waals surface area (Å²) in [5, 5.41) is 3.98. The molecule has 19 heavy (non-hydrogen) atoms. The van der Waals surface area contributed by atoms with Crippen LogP contribution in [0.15, 0.2) is 18.2 Å². The standard InChI is InChI=1S/C14H22ClN3S/c1-4-10(2)18(3)8-7-17-13-6-5-11(14(16)19)9-12(13)15/h5-6,9-10,17H,4,7-8H2,1-3H3,(H2,16,19). The third-order valence-electron chi connectivity index (χ3n) is 3.38. The number of hydrogen-bond acceptors (Lipinski definition) is 3. The Morgan fingerprint density at radius 3 is 2.74 bits per heavy atom. The van der Waals surface area contributed by atoms with E-state index < -0.39 is 0 Å². The normalized spacial score (nSPS) is 12.5. The van der Waals surface area contributed by atoms with Gasteiger partial charge in [-0.3, -0.25) is 0 Å². The Balaban J connectivity index is 2.52. The molecule has 0 spiro atoms. The molecule has 0 amide bonds. The van der Waals surface area contributed by atoms with E-state index in [0.717, 1.165) is 30.8 Å². The van der Waals surface area contributed by atoms with Gasteiger partial charge in [0, 0.05) is 24.7 Å². The van der Waals surface area contributed by atoms with Gasteiger partial charge in [0.25, 0.3) is 0 Å². The maximum atomic E-state index is 6.19. The molecule has 1 atom stereocenters. The molecule has 0 saturated carbocycles. The van der Waals surface area contributed by atoms with E-state index in [4.69, 9.17) is 29.6 Å². The molecule has 0 radical (unpaired) electrons. The van der Waals surface area contributed by atoms with Crippen LogP contribution < -0.4 is 11.1 Å². The number of halogens is 1. The number of benzene rings is 1. The van der Waals surface area contributed by atoms with Crippen molar-refractivity contribution in [3.8, 4) is 0 Å². The molecule has 5 heteroatoms. The molecular formula is C14H22ClN3S. The molecule has 0 aromatic heterocycles. The summed E-state index contributed by atoms with van der Waals surface area (Å²) < 4.78 is 0. The zero-order chi connectivity index (χ0) is 14.4. The summed E-state index contributed by atoms with van der Waals surface area (Å²) in [6, 6.07) is 6.19. The molecule has 1 aromatic carbocycles. The van der Waals surface area contributed by atoms with Crippen molar-refractivity contribution in [1.82, 2.24) is 4.90 Å². The van der Waals surface area contributed by atoms with Crippen LogP contribution in [0.2, 0.25) is 5.02 Å². The highest BCUT2D eigenvalue weighted by Crippen LogP contribution is 2.22. The number of nitrogens with one attached hydrogen (secondary N) is 1. The summed E-state index contributed by atoms with van der Waals surface area (Å²) in [6.07, 6.45) is 1.15. The second-order valence-corrected chi connectivity index (χ2v) is 5.57. The molecule has 0 heterocycles. The van der Waals surface area contributed by atoms with Gasteiger partial charge >= 0.3 is 0 Å². The highest BCUT2D eigenvalue weighted by molar-refractivity contribution is 7.80. The number of likely N-dealkylation sites (N-methyl/N-ethyl adjacent to an activating group) is 1. The summed E-state index contributed by atoms with van der Waals surface area (Å²) >= 11 is 11.1. The number of hydrogen-bond donors (Lipinski definition) is 2. The molecule has 1 unspecified atom stereocenters. The Labute approximate surface area is 126 Å². The van der Waals surface area contributed by atoms with Crippen LogP contribution in [0.3, 0.4) is 0 Å². The Morgan fingerprint density at radius 1 is 1.53 bits per heavy atom. The van der Waals surface area contributed by atoms with E-state index in [1.165, 1.54) is 0 Å². The van der Waals surface area contributed by atoms with Crippen LogP contribution in [0.1, 0.15) is 25.8 Å². The van der Waals surface area contributed by atoms with Gasteiger partial charge in [-0.25, -0.2) is 0 Å². The highest BCUT2D eigenvalue weighted by Gasteiger charge is 2.07. The summed E-state index contributed by atoms with van der Waals surface area (Å²) in [4.78, 5) is 2.69. The van der Waals surface area contributed by atoms with Crippen molar-refractivity contribution >= 4 is 34.5 Å². The average molecular weight is 300 g/mol. The molecule has 1 aromatic rings. The van der Waals surface area contributed by atoms with Crippen molar-refractivity contribution in [1.29, 1.82) is 0 Å². The quantitative estimate of drug-likeness (QED) is 0.759. The maximum absolute atomic E-state index is 6.19. The Morgan fingerprint density at radius 2 is 2.21 bits per heavy atom. The molecular weight excluding hydrogens is 278 g/mol. The minimum absolute atomic E-state index is 0.366. The van der Waals surface area contributed by atoms with E-state index in [1.54, 1.807) is 6.07 Å². The molecule has 0 fully saturated rings. The predicted molar refractivity (Wildman–Crippen MR) is 88.2 cm³/mol. The van der Waals surface area contributed by atoms with Crippen LogP contribution in [-0.2, 0) is 0 Å². The van der Waals surface area contributed by atoms with Crippen molar-refractivity contribution in [2.24, 2.45) is 5.73 Å². The van der Waals surface area contributed by atoms with Crippen LogP contribution in [-0.4, -0.2) is 36.1 Å². The van der Waals surface area contributed by atoms with Gasteiger partial charge in [-0.2, -0.15) is 0 Å². The number of nitrogens with two attached hydrogens (primary N) is 1. The van der Waals surface area contributed by atoms with E-state index in [-0.39, 0.29) is 0 Å². The lowest BCUT2D eigenvalue weighted by atomic mass is 10.2. The fraction of sp³-hybridized carbons (Fsp3) is 0.500. The van der Waals surface area contributed by atoms with Crippen molar-refractivity contribution < 1.29 is 0 Å². The van der Waals surface area contributed by atoms with Gasteiger partial charge in [0.05, 0.1) is 10.7 Å². The molecule has 0 saturated heterocycles. The lowest BCUT2D eigenvalue weighted by molar-refractivity contribution is 0.261. The van der Waals surface area contributed by atoms with Gasteiger partial charge in [0.2, 0.25) is 0 Å². The largest absolute Gasteiger partial charge is 0.389 e. The minimum Gasteiger partial charge on any atom is -0.389 e. The molecule has 0 aliphatic heterocycles. The van der Waals surface area contributed by atoms with Crippen LogP contribution in [0.25, 0.3) is 0 Å². The predicted octanol–water partition coefficient (Wildman–Crippen LogP) is 3.12. The summed E-state index contributed by atoms with van der Waals surface area (Å²) in [5.74, 6) is 0. The fourth-order valence-corrected chi connectivity index (χ4v) is 2.09. The second kappa shape index (κ2) is 7.68. The zero-order valence-electron chi connectivity index (χ0n) is 11.7. The minimum atomic E-state index is 0.366. The van der Waals surface area contributed by atoms with Gasteiger partial charge in [0.1, 0.15) is 4.99 Å². The number of anilines is 1. The summed E-state index contributed by atoms with van der Waals surface area (Å²) in [7, 11) is 2.13. The van der Waals surface area contributed by atoms with Crippen LogP contribution in [0.4, 0.5) is 5.69 Å². The van der Waals surface area contributed by atoms with E-state index in [9.17, 15) is 0 Å². The Hall–Kier alpha value is -0.840. The number of nitrogens with zero attached hydrogens (tertiary/aromatic N) is 1. The lowest BCUT2D eigenvalue weighted by Gasteiger charge is -2.23. The number of thiocarbonyl (C=S) groups is 1. The summed E-state index contributed by atoms with van der Waals surface area (Å²) in [5.41, 5.74) is 7.28. The number of rotatable bonds is 7. The molecule has 0 aliphatic rings. The van der Waals surface area contributed by atoms with Gasteiger partial charge < -0.3 is 16.0 Å². The fourth-order valence-electron chi connectivity index (χ4n) is 1.71. The van der Waals surface area contributed by atoms with Gasteiger partial charge in [-0.1, -0.05) is 30.7 Å². The first-order valence-corrected chi connectivity index (χ1v) is 7.27. The third kappa shape index (κ3) is 4.97. The Bertz CT molecular complexity index is 437. The molecule has 3 N–H and O–H groups in total. The van der Waals surface area contributed by atoms with Crippen LogP contribution in [0.5, 0.6) is 0 Å². The van der Waals surface area contributed by atoms with Crippen LogP contribution in [0, 0.1) is 0 Å². The topological polar surface area (TPSA) is 41.3 Å². The van der Waals surface area contributed by atoms with Gasteiger partial charge in [0.15, 0.2) is 0 Å². The van der Waals surface area contributed by atoms with E-state index >= 15 is 0 Å².